The van der Waals surface area contributed by atoms with Gasteiger partial charge in [0.15, 0.2) is 15.5 Å². The van der Waals surface area contributed by atoms with E-state index in [1.807, 2.05) is 36.4 Å². The summed E-state index contributed by atoms with van der Waals surface area (Å²) in [5, 5.41) is 51.2. The maximum absolute atomic E-state index is 14.8. The molecule has 32 heteroatoms. The molecule has 0 radical (unpaired) electrons. The number of nitro groups is 2. The largest absolute Gasteiger partial charge is 0.444 e. The Morgan fingerprint density at radius 1 is 0.489 bits per heavy atom. The van der Waals surface area contributed by atoms with Gasteiger partial charge in [0, 0.05) is 111 Å². The predicted octanol–water partition coefficient (Wildman–Crippen LogP) is 21.7. The number of amides is 3. The predicted molar refractivity (Wildman–Crippen MR) is 516 cm³/mol. The number of non-ortho nitro benzene ring substituents is 2. The lowest BCUT2D eigenvalue weighted by molar-refractivity contribution is -0.385. The molecule has 7 aromatic rings. The summed E-state index contributed by atoms with van der Waals surface area (Å²) >= 11 is 9.86. The molecule has 17 rings (SSSR count). The first-order chi connectivity index (χ1) is 62.9. The molecule has 18 atom stereocenters. The summed E-state index contributed by atoms with van der Waals surface area (Å²) in [4.78, 5) is 72.6. The molecule has 1 saturated heterocycles. The molecule has 0 spiro atoms. The van der Waals surface area contributed by atoms with Gasteiger partial charge in [0.05, 0.1) is 44.7 Å². The van der Waals surface area contributed by atoms with Gasteiger partial charge in [0.1, 0.15) is 46.1 Å². The molecule has 4 aliphatic heterocycles. The van der Waals surface area contributed by atoms with E-state index in [1.165, 1.54) is 60.3 Å². The highest BCUT2D eigenvalue weighted by molar-refractivity contribution is 8.14. The number of ether oxygens (including phenoxy) is 3. The molecule has 22 nitrogen and oxygen atoms in total. The average Bonchev–Trinajstić information content (AvgIpc) is 1.63. The molecule has 10 aliphatic rings. The van der Waals surface area contributed by atoms with Gasteiger partial charge in [-0.05, 0) is 243 Å². The van der Waals surface area contributed by atoms with E-state index >= 15 is 0 Å². The molecule has 3 amide bonds. The molecular weight excluding hydrogens is 1790 g/mol. The Hall–Kier alpha value is -9.28. The molecular formula is C101H124F6N10O12S4. The molecule has 4 heterocycles. The number of benzene rings is 7. The minimum absolute atomic E-state index is 0.0230. The Labute approximate surface area is 793 Å². The summed E-state index contributed by atoms with van der Waals surface area (Å²) in [6.45, 7) is 24.9. The van der Waals surface area contributed by atoms with Crippen molar-refractivity contribution in [3.05, 3.63) is 258 Å². The number of nitrogens with one attached hydrogen (secondary N) is 3. The van der Waals surface area contributed by atoms with E-state index in [0.29, 0.717) is 110 Å². The van der Waals surface area contributed by atoms with E-state index < -0.39 is 72.4 Å². The lowest BCUT2D eigenvalue weighted by Crippen LogP contribution is -2.42. The molecule has 6 saturated carbocycles. The molecule has 0 bridgehead atoms. The smallest absolute Gasteiger partial charge is 0.413 e. The van der Waals surface area contributed by atoms with Gasteiger partial charge < -0.3 is 41.2 Å². The number of nitro benzene ring substituents is 2. The van der Waals surface area contributed by atoms with E-state index in [0.717, 1.165) is 106 Å². The fraction of sp³-hybridized carbons (Fsp3) is 0.515. The zero-order valence-corrected chi connectivity index (χ0v) is 80.7. The number of thiocarbonyl (C=S) groups is 1. The zero-order valence-electron chi connectivity index (χ0n) is 77.4. The normalized spacial score (nSPS) is 29.7. The highest BCUT2D eigenvalue weighted by atomic mass is 32.2. The number of hydrogen-bond donors (Lipinski definition) is 7. The molecule has 7 aromatic carbocycles. The summed E-state index contributed by atoms with van der Waals surface area (Å²) in [5.41, 5.74) is 10.6. The Kier molecular flexibility index (Phi) is 33.2. The Morgan fingerprint density at radius 3 is 1.32 bits per heavy atom. The molecule has 0 aromatic heterocycles. The summed E-state index contributed by atoms with van der Waals surface area (Å²) in [6.07, 6.45) is 9.28. The fourth-order valence-corrected chi connectivity index (χ4v) is 26.1. The maximum Gasteiger partial charge on any atom is 0.413 e. The standard InChI is InChI=1S/C22H24FNO2S.2C19H24FN3O4S.C14H17FN2S.C14H17FO.C13H18FNO/c1-15-11-17(14-25)22(12-15,18-9-5-6-10-19(18)23)13-20(27)24-21(26)16-7-3-2-4-8-16;2*1-11-7-12-10-28-16(21-17(24)27-18(2,3)4)22-19(12,9-11)14-8-13(23(25)26)5-6-15(14)20;1-9-6-10-8-18-13(16)17-14(10,7-9)11-4-2-3-5-12(11)15;1-10-6-11-8-16-9-14(11,7-10)12-4-2-3-5-13(12)15;1-9-6-10(8-16)13(15,7-9)11-4-2-3-5-12(11)14/h2-10,15,17,25H,11-14H2,1H3,(H,24,26,27);2*5-6,8,11-12H,7,9-10H2,1-4H3,(H,21,22,24);2-5,9-10H,6-8H2,1H3,(H2,16,17);2-5,10-11H,6-9H2,1H3;2-5,9-10,16H,6-8,15H2,1H3/t15-,17+,22+;2*11-,12+,19+;9-,10+,14+;10-,11+,14+;9-,10+,13+/m111111/s1. The number of aliphatic hydroxyl groups is 2. The van der Waals surface area contributed by atoms with Gasteiger partial charge in [-0.3, -0.25) is 50.6 Å². The lowest BCUT2D eigenvalue weighted by Gasteiger charge is -2.36. The van der Waals surface area contributed by atoms with Crippen LogP contribution in [0.3, 0.4) is 0 Å². The summed E-state index contributed by atoms with van der Waals surface area (Å²) in [6, 6.07) is 43.5. The highest BCUT2D eigenvalue weighted by Crippen LogP contribution is 2.59. The van der Waals surface area contributed by atoms with Crippen LogP contribution in [0.25, 0.3) is 0 Å². The van der Waals surface area contributed by atoms with Gasteiger partial charge in [-0.25, -0.2) is 35.9 Å². The number of rotatable bonds is 13. The van der Waals surface area contributed by atoms with Crippen LogP contribution in [0.2, 0.25) is 0 Å². The number of thioether (sulfide) groups is 3. The van der Waals surface area contributed by atoms with Crippen LogP contribution in [0.15, 0.2) is 179 Å². The van der Waals surface area contributed by atoms with Crippen molar-refractivity contribution >= 4 is 97.5 Å². The second-order valence-electron chi connectivity index (χ2n) is 40.1. The minimum Gasteiger partial charge on any atom is -0.444 e. The van der Waals surface area contributed by atoms with Crippen LogP contribution >= 0.6 is 47.5 Å². The van der Waals surface area contributed by atoms with E-state index in [-0.39, 0.29) is 106 Å². The summed E-state index contributed by atoms with van der Waals surface area (Å²) in [5.74, 6) is 3.61. The van der Waals surface area contributed by atoms with Gasteiger partial charge in [0.2, 0.25) is 0 Å². The number of carbonyl (C=O) groups is 3. The average molecular weight is 1910 g/mol. The third-order valence-corrected chi connectivity index (χ3v) is 30.9. The molecule has 7 fully saturated rings. The van der Waals surface area contributed by atoms with Crippen molar-refractivity contribution < 1.29 is 75.0 Å². The maximum atomic E-state index is 14.8. The van der Waals surface area contributed by atoms with Crippen LogP contribution in [0.4, 0.5) is 47.3 Å². The Balaban J connectivity index is 0.000000146. The third kappa shape index (κ3) is 23.7. The quantitative estimate of drug-likeness (QED) is 0.0244. The number of fused-ring (bicyclic) bond motifs is 4. The minimum atomic E-state index is -0.925. The van der Waals surface area contributed by atoms with Gasteiger partial charge in [-0.2, -0.15) is 0 Å². The second-order valence-corrected chi connectivity index (χ2v) is 43.7. The van der Waals surface area contributed by atoms with E-state index in [1.54, 1.807) is 126 Å². The van der Waals surface area contributed by atoms with Crippen molar-refractivity contribution in [3.63, 3.8) is 0 Å². The molecule has 0 unspecified atom stereocenters. The summed E-state index contributed by atoms with van der Waals surface area (Å²) in [7, 11) is 0. The van der Waals surface area contributed by atoms with Crippen LogP contribution in [0.1, 0.15) is 210 Å². The first kappa shape index (κ1) is 103. The van der Waals surface area contributed by atoms with E-state index in [9.17, 15) is 71.2 Å². The van der Waals surface area contributed by atoms with Crippen LogP contribution in [0, 0.1) is 126 Å². The Morgan fingerprint density at radius 2 is 0.872 bits per heavy atom. The van der Waals surface area contributed by atoms with Gasteiger partial charge >= 0.3 is 12.2 Å². The topological polar surface area (TPSA) is 331 Å². The van der Waals surface area contributed by atoms with Crippen molar-refractivity contribution in [3.8, 4) is 0 Å². The van der Waals surface area contributed by atoms with Crippen LogP contribution in [0.5, 0.6) is 0 Å². The highest BCUT2D eigenvalue weighted by Gasteiger charge is 2.57. The van der Waals surface area contributed by atoms with Gasteiger partial charge in [-0.15, -0.1) is 0 Å². The van der Waals surface area contributed by atoms with E-state index in [2.05, 4.69) is 62.5 Å². The van der Waals surface area contributed by atoms with Crippen molar-refractivity contribution in [2.45, 2.75) is 211 Å². The number of carbonyl (C=O) groups excluding carboxylic acids is 3. The fourth-order valence-electron chi connectivity index (χ4n) is 22.5. The number of nitrogens with zero attached hydrogens (tertiary/aromatic N) is 5. The van der Waals surface area contributed by atoms with Gasteiger partial charge in [0.25, 0.3) is 17.3 Å². The van der Waals surface area contributed by atoms with Gasteiger partial charge in [-0.1, -0.05) is 180 Å². The van der Waals surface area contributed by atoms with Crippen LogP contribution in [-0.2, 0) is 47.2 Å². The number of aliphatic imine (C=N–C) groups is 3. The SMILES string of the molecule is C[C@@H]1C[C@@H](CO)[C@](CC(=S)NC(=O)c2ccccc2)(c2ccccc2F)C1.C[C@@H]1C[C@@H](CO)[C@](N)(c2ccccc2F)C1.C[C@@H]1C[C@H]2COC[C@@]2(c2ccccc2F)C1.C[C@@H]1C[C@H]2CSC(N)=N[C@@]2(c2ccccc2F)C1.C[C@@H]1C[C@H]2CSC(NC(=O)OC(C)(C)C)=N[C@@]2(c2cc([N+](=O)[O-])ccc2F)C1.C[C@@H]1C[C@H]2CSC(NC(=O)OC(C)(C)C)=N[C@@]2(c2cc([N+](=O)[O-])ccc2F)C1. The van der Waals surface area contributed by atoms with Crippen molar-refractivity contribution in [2.24, 2.45) is 97.5 Å². The third-order valence-electron chi connectivity index (χ3n) is 27.6. The lowest BCUT2D eigenvalue weighted by atomic mass is 9.69. The Bertz CT molecular complexity index is 5320. The first-order valence-corrected chi connectivity index (χ1v) is 49.0. The first-order valence-electron chi connectivity index (χ1n) is 45.7. The number of nitrogens with two attached hydrogens (primary N) is 2. The molecule has 133 heavy (non-hydrogen) atoms. The van der Waals surface area contributed by atoms with E-state index in [4.69, 9.17) is 47.9 Å². The second kappa shape index (κ2) is 43.0. The monoisotopic (exact) mass is 1910 g/mol. The number of hydrogen-bond acceptors (Lipinski definition) is 21. The van der Waals surface area contributed by atoms with Crippen molar-refractivity contribution in [2.75, 3.05) is 43.7 Å². The molecule has 716 valence electrons. The van der Waals surface area contributed by atoms with Crippen LogP contribution in [-0.4, -0.2) is 114 Å². The summed E-state index contributed by atoms with van der Waals surface area (Å²) < 4.78 is 102. The zero-order chi connectivity index (χ0) is 96.5. The molecule has 6 aliphatic carbocycles. The van der Waals surface area contributed by atoms with Crippen molar-refractivity contribution in [1.29, 1.82) is 0 Å². The number of halogens is 6. The number of alkyl carbamates (subject to hydrolysis) is 2. The molecule has 9 N–H and O–H groups in total. The van der Waals surface area contributed by atoms with Crippen LogP contribution < -0.4 is 27.4 Å². The number of aliphatic hydroxyl groups excluding tert-OH is 2. The number of amidine groups is 3. The van der Waals surface area contributed by atoms with Crippen molar-refractivity contribution in [1.82, 2.24) is 16.0 Å².